The van der Waals surface area contributed by atoms with Crippen molar-refractivity contribution in [3.63, 3.8) is 0 Å². The number of hydrogen-bond donors (Lipinski definition) is 1. The largest absolute Gasteiger partial charge is 0.411 e. The van der Waals surface area contributed by atoms with Crippen molar-refractivity contribution in [1.29, 1.82) is 0 Å². The molecule has 2 aliphatic rings. The minimum absolute atomic E-state index is 0.220. The lowest BCUT2D eigenvalue weighted by Gasteiger charge is -2.30. The number of rotatable bonds is 5. The maximum atomic E-state index is 12.0. The molecule has 0 aromatic heterocycles. The first-order chi connectivity index (χ1) is 8.03. The molecular weight excluding hydrogens is 231 g/mol. The van der Waals surface area contributed by atoms with Crippen LogP contribution in [-0.2, 0) is 4.74 Å². The molecule has 2 unspecified atom stereocenters. The molecule has 0 bridgehead atoms. The van der Waals surface area contributed by atoms with Crippen molar-refractivity contribution in [3.8, 4) is 0 Å². The molecule has 5 heteroatoms. The lowest BCUT2D eigenvalue weighted by molar-refractivity contribution is -0.188. The predicted molar refractivity (Wildman–Crippen MR) is 58.8 cm³/mol. The van der Waals surface area contributed by atoms with Crippen LogP contribution in [0.5, 0.6) is 0 Å². The van der Waals surface area contributed by atoms with E-state index >= 15 is 0 Å². The highest BCUT2D eigenvalue weighted by Gasteiger charge is 2.31. The Morgan fingerprint density at radius 3 is 2.53 bits per heavy atom. The third kappa shape index (κ3) is 5.25. The molecule has 2 rings (SSSR count). The Balaban J connectivity index is 1.64. The lowest BCUT2D eigenvalue weighted by Crippen LogP contribution is -2.39. The van der Waals surface area contributed by atoms with Gasteiger partial charge in [0.1, 0.15) is 6.61 Å². The first kappa shape index (κ1) is 13.1. The average Bonchev–Trinajstić information content (AvgIpc) is 3.07. The molecule has 0 saturated heterocycles. The van der Waals surface area contributed by atoms with Gasteiger partial charge in [0, 0.05) is 6.04 Å². The van der Waals surface area contributed by atoms with Crippen molar-refractivity contribution >= 4 is 0 Å². The van der Waals surface area contributed by atoms with Crippen LogP contribution in [0.4, 0.5) is 13.2 Å². The predicted octanol–water partition coefficient (Wildman–Crippen LogP) is 2.88. The highest BCUT2D eigenvalue weighted by molar-refractivity contribution is 4.82. The number of hydrogen-bond acceptors (Lipinski definition) is 2. The second kappa shape index (κ2) is 5.57. The SMILES string of the molecule is FC(F)(F)COC1CCCC(NCC2CC2)C1. The number of ether oxygens (including phenoxy) is 1. The standard InChI is InChI=1S/C12H20F3NO/c13-12(14,15)8-17-11-3-1-2-10(6-11)16-7-9-4-5-9/h9-11,16H,1-8H2. The van der Waals surface area contributed by atoms with Crippen LogP contribution in [0, 0.1) is 5.92 Å². The van der Waals surface area contributed by atoms with Gasteiger partial charge in [0.2, 0.25) is 0 Å². The summed E-state index contributed by atoms with van der Waals surface area (Å²) in [5, 5.41) is 3.45. The van der Waals surface area contributed by atoms with Gasteiger partial charge in [0.25, 0.3) is 0 Å². The molecule has 0 heterocycles. The van der Waals surface area contributed by atoms with E-state index < -0.39 is 12.8 Å². The fourth-order valence-electron chi connectivity index (χ4n) is 2.35. The Kier molecular flexibility index (Phi) is 4.31. The maximum Gasteiger partial charge on any atom is 0.411 e. The Bertz CT molecular complexity index is 240. The van der Waals surface area contributed by atoms with Crippen LogP contribution < -0.4 is 5.32 Å². The minimum Gasteiger partial charge on any atom is -0.369 e. The highest BCUT2D eigenvalue weighted by Crippen LogP contribution is 2.29. The summed E-state index contributed by atoms with van der Waals surface area (Å²) in [5.41, 5.74) is 0. The summed E-state index contributed by atoms with van der Waals surface area (Å²) in [6, 6.07) is 0.350. The Hall–Kier alpha value is -0.290. The topological polar surface area (TPSA) is 21.3 Å². The van der Waals surface area contributed by atoms with E-state index in [4.69, 9.17) is 4.74 Å². The first-order valence-corrected chi connectivity index (χ1v) is 6.44. The molecule has 0 spiro atoms. The molecule has 0 aromatic rings. The Morgan fingerprint density at radius 2 is 1.88 bits per heavy atom. The first-order valence-electron chi connectivity index (χ1n) is 6.44. The van der Waals surface area contributed by atoms with Crippen LogP contribution >= 0.6 is 0 Å². The van der Waals surface area contributed by atoms with E-state index in [0.29, 0.717) is 6.04 Å². The smallest absolute Gasteiger partial charge is 0.369 e. The fourth-order valence-corrected chi connectivity index (χ4v) is 2.35. The molecule has 0 radical (unpaired) electrons. The van der Waals surface area contributed by atoms with Gasteiger partial charge in [-0.1, -0.05) is 0 Å². The second-order valence-electron chi connectivity index (χ2n) is 5.26. The summed E-state index contributed by atoms with van der Waals surface area (Å²) in [7, 11) is 0. The molecule has 100 valence electrons. The molecular formula is C12H20F3NO. The number of alkyl halides is 3. The van der Waals surface area contributed by atoms with Crippen molar-refractivity contribution in [2.45, 2.75) is 56.8 Å². The zero-order valence-corrected chi connectivity index (χ0v) is 9.93. The molecule has 2 fully saturated rings. The zero-order valence-electron chi connectivity index (χ0n) is 9.93. The van der Waals surface area contributed by atoms with Gasteiger partial charge in [0.05, 0.1) is 6.10 Å². The third-order valence-corrected chi connectivity index (χ3v) is 3.50. The van der Waals surface area contributed by atoms with Gasteiger partial charge in [-0.15, -0.1) is 0 Å². The molecule has 2 atom stereocenters. The van der Waals surface area contributed by atoms with Crippen LogP contribution in [0.25, 0.3) is 0 Å². The summed E-state index contributed by atoms with van der Waals surface area (Å²) in [6.07, 6.45) is 1.70. The summed E-state index contributed by atoms with van der Waals surface area (Å²) < 4.78 is 41.0. The monoisotopic (exact) mass is 251 g/mol. The minimum atomic E-state index is -4.20. The second-order valence-corrected chi connectivity index (χ2v) is 5.26. The van der Waals surface area contributed by atoms with Gasteiger partial charge in [-0.3, -0.25) is 0 Å². The van der Waals surface area contributed by atoms with E-state index in [2.05, 4.69) is 5.32 Å². The van der Waals surface area contributed by atoms with Crippen LogP contribution in [0.1, 0.15) is 38.5 Å². The molecule has 2 nitrogen and oxygen atoms in total. The summed E-state index contributed by atoms with van der Waals surface area (Å²) in [5.74, 6) is 0.812. The molecule has 2 aliphatic carbocycles. The van der Waals surface area contributed by atoms with E-state index in [9.17, 15) is 13.2 Å². The zero-order chi connectivity index (χ0) is 12.3. The normalized spacial score (nSPS) is 30.5. The van der Waals surface area contributed by atoms with Gasteiger partial charge < -0.3 is 10.1 Å². The number of nitrogens with one attached hydrogen (secondary N) is 1. The van der Waals surface area contributed by atoms with Gasteiger partial charge in [-0.2, -0.15) is 13.2 Å². The summed E-state index contributed by atoms with van der Waals surface area (Å²) >= 11 is 0. The van der Waals surface area contributed by atoms with Crippen LogP contribution in [-0.4, -0.2) is 31.5 Å². The lowest BCUT2D eigenvalue weighted by atomic mass is 9.92. The van der Waals surface area contributed by atoms with Crippen molar-refractivity contribution < 1.29 is 17.9 Å². The molecule has 17 heavy (non-hydrogen) atoms. The highest BCUT2D eigenvalue weighted by atomic mass is 19.4. The molecule has 1 N–H and O–H groups in total. The van der Waals surface area contributed by atoms with Crippen LogP contribution in [0.15, 0.2) is 0 Å². The van der Waals surface area contributed by atoms with Crippen LogP contribution in [0.2, 0.25) is 0 Å². The average molecular weight is 251 g/mol. The molecule has 0 amide bonds. The van der Waals surface area contributed by atoms with Crippen molar-refractivity contribution in [3.05, 3.63) is 0 Å². The number of halogens is 3. The molecule has 0 aliphatic heterocycles. The van der Waals surface area contributed by atoms with Gasteiger partial charge in [-0.25, -0.2) is 0 Å². The van der Waals surface area contributed by atoms with Crippen molar-refractivity contribution in [1.82, 2.24) is 5.32 Å². The Morgan fingerprint density at radius 1 is 1.12 bits per heavy atom. The van der Waals surface area contributed by atoms with Crippen LogP contribution in [0.3, 0.4) is 0 Å². The van der Waals surface area contributed by atoms with E-state index in [1.165, 1.54) is 12.8 Å². The molecule has 0 aromatic carbocycles. The summed E-state index contributed by atoms with van der Waals surface area (Å²) in [6.45, 7) is -0.0797. The Labute approximate surface area is 99.9 Å². The van der Waals surface area contributed by atoms with E-state index in [-0.39, 0.29) is 6.10 Å². The summed E-state index contributed by atoms with van der Waals surface area (Å²) in [4.78, 5) is 0. The third-order valence-electron chi connectivity index (χ3n) is 3.50. The van der Waals surface area contributed by atoms with E-state index in [0.717, 1.165) is 38.1 Å². The van der Waals surface area contributed by atoms with Gasteiger partial charge in [-0.05, 0) is 51.0 Å². The van der Waals surface area contributed by atoms with E-state index in [1.807, 2.05) is 0 Å². The van der Waals surface area contributed by atoms with E-state index in [1.54, 1.807) is 0 Å². The maximum absolute atomic E-state index is 12.0. The van der Waals surface area contributed by atoms with Crippen molar-refractivity contribution in [2.75, 3.05) is 13.2 Å². The molecule has 2 saturated carbocycles. The van der Waals surface area contributed by atoms with Gasteiger partial charge in [0.15, 0.2) is 0 Å². The van der Waals surface area contributed by atoms with Crippen molar-refractivity contribution in [2.24, 2.45) is 5.92 Å². The fraction of sp³-hybridized carbons (Fsp3) is 1.00. The van der Waals surface area contributed by atoms with Gasteiger partial charge >= 0.3 is 6.18 Å². The quantitative estimate of drug-likeness (QED) is 0.811.